The monoisotopic (exact) mass is 267 g/mol. The molecule has 1 heterocycles. The van der Waals surface area contributed by atoms with Crippen LogP contribution in [0.2, 0.25) is 0 Å². The van der Waals surface area contributed by atoms with Gasteiger partial charge in [0.05, 0.1) is 0 Å². The van der Waals surface area contributed by atoms with Crippen LogP contribution in [0.3, 0.4) is 0 Å². The Hall–Kier alpha value is -1.13. The maximum absolute atomic E-state index is 13.4. The second-order valence-electron chi connectivity index (χ2n) is 5.29. The van der Waals surface area contributed by atoms with Gasteiger partial charge in [0.2, 0.25) is 0 Å². The third-order valence-corrected chi connectivity index (χ3v) is 3.63. The Morgan fingerprint density at radius 1 is 1.53 bits per heavy atom. The van der Waals surface area contributed by atoms with Gasteiger partial charge < -0.3 is 14.8 Å². The van der Waals surface area contributed by atoms with Crippen LogP contribution < -0.4 is 10.1 Å². The van der Waals surface area contributed by atoms with E-state index in [0.717, 1.165) is 24.9 Å². The summed E-state index contributed by atoms with van der Waals surface area (Å²) in [4.78, 5) is 0. The lowest BCUT2D eigenvalue weighted by molar-refractivity contribution is 0.0169. The van der Waals surface area contributed by atoms with E-state index < -0.39 is 0 Å². The van der Waals surface area contributed by atoms with Crippen molar-refractivity contribution >= 4 is 0 Å². The molecule has 0 saturated carbocycles. The lowest BCUT2D eigenvalue weighted by Gasteiger charge is -2.40. The number of benzene rings is 1. The number of nitrogens with one attached hydrogen (secondary N) is 1. The van der Waals surface area contributed by atoms with E-state index in [-0.39, 0.29) is 17.5 Å². The first-order chi connectivity index (χ1) is 9.08. The van der Waals surface area contributed by atoms with Crippen LogP contribution in [0.4, 0.5) is 4.39 Å². The van der Waals surface area contributed by atoms with Crippen LogP contribution in [0.25, 0.3) is 0 Å². The highest BCUT2D eigenvalue weighted by atomic mass is 19.1. The average molecular weight is 267 g/mol. The lowest BCUT2D eigenvalue weighted by atomic mass is 9.86. The lowest BCUT2D eigenvalue weighted by Crippen LogP contribution is -2.42. The molecule has 2 atom stereocenters. The maximum atomic E-state index is 13.4. The molecule has 1 aromatic carbocycles. The summed E-state index contributed by atoms with van der Waals surface area (Å²) in [5, 5.41) is 3.45. The molecule has 0 fully saturated rings. The van der Waals surface area contributed by atoms with Crippen molar-refractivity contribution in [3.05, 3.63) is 29.6 Å². The molecule has 2 unspecified atom stereocenters. The van der Waals surface area contributed by atoms with Gasteiger partial charge in [-0.15, -0.1) is 0 Å². The SMILES string of the molecule is CCNC1CC(C)(CCOC)Oc2cc(F)ccc21. The number of hydrogen-bond donors (Lipinski definition) is 1. The van der Waals surface area contributed by atoms with E-state index in [0.29, 0.717) is 12.4 Å². The van der Waals surface area contributed by atoms with Gasteiger partial charge in [-0.2, -0.15) is 0 Å². The molecule has 2 rings (SSSR count). The normalized spacial score (nSPS) is 25.8. The highest BCUT2D eigenvalue weighted by molar-refractivity contribution is 5.39. The Bertz CT molecular complexity index is 438. The van der Waals surface area contributed by atoms with Gasteiger partial charge in [0.25, 0.3) is 0 Å². The molecule has 0 amide bonds. The van der Waals surface area contributed by atoms with Crippen LogP contribution in [0.1, 0.15) is 38.3 Å². The van der Waals surface area contributed by atoms with Crippen LogP contribution in [0.15, 0.2) is 18.2 Å². The van der Waals surface area contributed by atoms with E-state index >= 15 is 0 Å². The van der Waals surface area contributed by atoms with E-state index in [1.807, 2.05) is 6.07 Å². The average Bonchev–Trinajstić information content (AvgIpc) is 2.36. The Morgan fingerprint density at radius 3 is 3.00 bits per heavy atom. The highest BCUT2D eigenvalue weighted by Crippen LogP contribution is 2.41. The van der Waals surface area contributed by atoms with Crippen molar-refractivity contribution in [2.45, 2.75) is 38.3 Å². The summed E-state index contributed by atoms with van der Waals surface area (Å²) in [5.41, 5.74) is 0.724. The molecule has 0 radical (unpaired) electrons. The van der Waals surface area contributed by atoms with E-state index in [1.165, 1.54) is 12.1 Å². The highest BCUT2D eigenvalue weighted by Gasteiger charge is 2.36. The molecule has 3 nitrogen and oxygen atoms in total. The number of rotatable bonds is 5. The molecule has 0 spiro atoms. The van der Waals surface area contributed by atoms with Crippen LogP contribution in [0.5, 0.6) is 5.75 Å². The van der Waals surface area contributed by atoms with Gasteiger partial charge in [0, 0.05) is 44.2 Å². The first-order valence-corrected chi connectivity index (χ1v) is 6.79. The molecule has 0 aromatic heterocycles. The van der Waals surface area contributed by atoms with Crippen molar-refractivity contribution in [1.29, 1.82) is 0 Å². The molecule has 1 aromatic rings. The van der Waals surface area contributed by atoms with Crippen molar-refractivity contribution in [1.82, 2.24) is 5.32 Å². The third kappa shape index (κ3) is 3.25. The molecule has 1 aliphatic heterocycles. The summed E-state index contributed by atoms with van der Waals surface area (Å²) in [6.45, 7) is 5.65. The number of ether oxygens (including phenoxy) is 2. The second kappa shape index (κ2) is 5.88. The maximum Gasteiger partial charge on any atom is 0.127 e. The largest absolute Gasteiger partial charge is 0.487 e. The summed E-state index contributed by atoms with van der Waals surface area (Å²) >= 11 is 0. The van der Waals surface area contributed by atoms with Crippen molar-refractivity contribution in [3.63, 3.8) is 0 Å². The molecule has 4 heteroatoms. The standard InChI is InChI=1S/C15H22FNO2/c1-4-17-13-10-15(2,7-8-18-3)19-14-9-11(16)5-6-12(13)14/h5-6,9,13,17H,4,7-8,10H2,1-3H3. The third-order valence-electron chi connectivity index (χ3n) is 3.63. The van der Waals surface area contributed by atoms with Gasteiger partial charge in [0.15, 0.2) is 0 Å². The molecule has 1 N–H and O–H groups in total. The fourth-order valence-corrected chi connectivity index (χ4v) is 2.63. The van der Waals surface area contributed by atoms with E-state index in [2.05, 4.69) is 19.2 Å². The first-order valence-electron chi connectivity index (χ1n) is 6.79. The molecule has 0 bridgehead atoms. The summed E-state index contributed by atoms with van der Waals surface area (Å²) < 4.78 is 24.5. The predicted molar refractivity (Wildman–Crippen MR) is 73.0 cm³/mol. The predicted octanol–water partition coefficient (Wildman–Crippen LogP) is 3.05. The minimum Gasteiger partial charge on any atom is -0.487 e. The zero-order valence-corrected chi connectivity index (χ0v) is 11.8. The van der Waals surface area contributed by atoms with Crippen LogP contribution in [-0.4, -0.2) is 25.9 Å². The molecule has 1 aliphatic rings. The molecule has 0 aliphatic carbocycles. The molecule has 0 saturated heterocycles. The van der Waals surface area contributed by atoms with Crippen LogP contribution >= 0.6 is 0 Å². The fraction of sp³-hybridized carbons (Fsp3) is 0.600. The van der Waals surface area contributed by atoms with Crippen molar-refractivity contribution in [2.24, 2.45) is 0 Å². The Balaban J connectivity index is 2.27. The Labute approximate surface area is 114 Å². The minimum atomic E-state index is -0.316. The Kier molecular flexibility index (Phi) is 4.42. The number of hydrogen-bond acceptors (Lipinski definition) is 3. The topological polar surface area (TPSA) is 30.5 Å². The zero-order chi connectivity index (χ0) is 13.9. The van der Waals surface area contributed by atoms with Gasteiger partial charge in [-0.25, -0.2) is 4.39 Å². The number of methoxy groups -OCH3 is 1. The van der Waals surface area contributed by atoms with Crippen LogP contribution in [0, 0.1) is 5.82 Å². The van der Waals surface area contributed by atoms with Gasteiger partial charge >= 0.3 is 0 Å². The second-order valence-corrected chi connectivity index (χ2v) is 5.29. The van der Waals surface area contributed by atoms with Crippen molar-refractivity contribution in [2.75, 3.05) is 20.3 Å². The first kappa shape index (κ1) is 14.3. The quantitative estimate of drug-likeness (QED) is 0.889. The zero-order valence-electron chi connectivity index (χ0n) is 11.8. The van der Waals surface area contributed by atoms with E-state index in [4.69, 9.17) is 9.47 Å². The van der Waals surface area contributed by atoms with Gasteiger partial charge in [-0.1, -0.05) is 13.0 Å². The van der Waals surface area contributed by atoms with E-state index in [1.54, 1.807) is 7.11 Å². The van der Waals surface area contributed by atoms with Gasteiger partial charge in [-0.05, 0) is 19.5 Å². The molecule has 106 valence electrons. The summed E-state index contributed by atoms with van der Waals surface area (Å²) in [7, 11) is 1.68. The summed E-state index contributed by atoms with van der Waals surface area (Å²) in [6.07, 6.45) is 1.66. The van der Waals surface area contributed by atoms with Gasteiger partial charge in [-0.3, -0.25) is 0 Å². The molecule has 19 heavy (non-hydrogen) atoms. The Morgan fingerprint density at radius 2 is 2.32 bits per heavy atom. The molecular formula is C15H22FNO2. The molecular weight excluding hydrogens is 245 g/mol. The summed E-state index contributed by atoms with van der Waals surface area (Å²) in [5.74, 6) is 0.390. The number of halogens is 1. The van der Waals surface area contributed by atoms with Gasteiger partial charge in [0.1, 0.15) is 17.2 Å². The van der Waals surface area contributed by atoms with Crippen molar-refractivity contribution in [3.8, 4) is 5.75 Å². The van der Waals surface area contributed by atoms with Crippen LogP contribution in [-0.2, 0) is 4.74 Å². The fourth-order valence-electron chi connectivity index (χ4n) is 2.63. The van der Waals surface area contributed by atoms with Crippen molar-refractivity contribution < 1.29 is 13.9 Å². The number of fused-ring (bicyclic) bond motifs is 1. The minimum absolute atomic E-state index is 0.205. The smallest absolute Gasteiger partial charge is 0.127 e. The summed E-state index contributed by atoms with van der Waals surface area (Å²) in [6, 6.07) is 4.98. The van der Waals surface area contributed by atoms with E-state index in [9.17, 15) is 4.39 Å².